The van der Waals surface area contributed by atoms with E-state index in [4.69, 9.17) is 0 Å². The molecule has 0 aromatic carbocycles. The molecule has 0 spiro atoms. The first-order valence-electron chi connectivity index (χ1n) is 7.33. The average molecular weight is 273 g/mol. The lowest BCUT2D eigenvalue weighted by atomic mass is 10.2. The summed E-state index contributed by atoms with van der Waals surface area (Å²) in [6.07, 6.45) is 6.99. The van der Waals surface area contributed by atoms with Gasteiger partial charge in [0.25, 0.3) is 0 Å². The minimum absolute atomic E-state index is 0.807. The van der Waals surface area contributed by atoms with E-state index in [1.165, 1.54) is 18.4 Å². The number of aromatic amines is 1. The van der Waals surface area contributed by atoms with Gasteiger partial charge in [0.2, 0.25) is 0 Å². The van der Waals surface area contributed by atoms with Crippen molar-refractivity contribution in [3.8, 4) is 0 Å². The second kappa shape index (κ2) is 7.75. The molecule has 0 fully saturated rings. The Hall–Kier alpha value is -1.75. The average Bonchev–Trinajstić information content (AvgIpc) is 2.93. The Labute approximate surface area is 120 Å². The van der Waals surface area contributed by atoms with Crippen molar-refractivity contribution in [2.24, 2.45) is 0 Å². The number of hydrogen-bond acceptors (Lipinski definition) is 4. The van der Waals surface area contributed by atoms with E-state index in [9.17, 15) is 0 Å². The number of H-pyrrole nitrogens is 1. The molecular formula is C15H23N5. The first-order chi connectivity index (χ1) is 9.81. The van der Waals surface area contributed by atoms with E-state index >= 15 is 0 Å². The number of aromatic nitrogens is 4. The van der Waals surface area contributed by atoms with Crippen LogP contribution in [0.15, 0.2) is 24.5 Å². The third kappa shape index (κ3) is 4.42. The zero-order chi connectivity index (χ0) is 14.2. The first kappa shape index (κ1) is 14.7. The molecule has 0 atom stereocenters. The maximum Gasteiger partial charge on any atom is 0.150 e. The Morgan fingerprint density at radius 2 is 2.15 bits per heavy atom. The minimum atomic E-state index is 0.807. The van der Waals surface area contributed by atoms with Crippen LogP contribution in [0.5, 0.6) is 0 Å². The van der Waals surface area contributed by atoms with Crippen molar-refractivity contribution in [1.29, 1.82) is 0 Å². The Balaban J connectivity index is 1.99. The molecule has 0 unspecified atom stereocenters. The van der Waals surface area contributed by atoms with Gasteiger partial charge in [0.05, 0.1) is 6.54 Å². The lowest BCUT2D eigenvalue weighted by Crippen LogP contribution is -2.24. The summed E-state index contributed by atoms with van der Waals surface area (Å²) in [4.78, 5) is 11.1. The van der Waals surface area contributed by atoms with Crippen LogP contribution < -0.4 is 0 Å². The minimum Gasteiger partial charge on any atom is -0.292 e. The van der Waals surface area contributed by atoms with Gasteiger partial charge in [-0.15, -0.1) is 0 Å². The molecule has 0 bridgehead atoms. The fourth-order valence-corrected chi connectivity index (χ4v) is 2.12. The largest absolute Gasteiger partial charge is 0.292 e. The number of aryl methyl sites for hydroxylation is 1. The molecule has 20 heavy (non-hydrogen) atoms. The fraction of sp³-hybridized carbons (Fsp3) is 0.533. The topological polar surface area (TPSA) is 57.7 Å². The van der Waals surface area contributed by atoms with Gasteiger partial charge in [-0.2, -0.15) is 5.10 Å². The molecular weight excluding hydrogens is 250 g/mol. The van der Waals surface area contributed by atoms with E-state index in [0.717, 1.165) is 37.7 Å². The molecule has 0 aliphatic rings. The van der Waals surface area contributed by atoms with Gasteiger partial charge in [-0.25, -0.2) is 4.98 Å². The van der Waals surface area contributed by atoms with E-state index in [-0.39, 0.29) is 0 Å². The van der Waals surface area contributed by atoms with Crippen molar-refractivity contribution in [3.63, 3.8) is 0 Å². The van der Waals surface area contributed by atoms with E-state index in [1.54, 1.807) is 0 Å². The van der Waals surface area contributed by atoms with E-state index in [1.807, 2.05) is 18.5 Å². The van der Waals surface area contributed by atoms with Crippen molar-refractivity contribution in [2.75, 3.05) is 6.54 Å². The van der Waals surface area contributed by atoms with E-state index < -0.39 is 0 Å². The van der Waals surface area contributed by atoms with E-state index in [0.29, 0.717) is 0 Å². The van der Waals surface area contributed by atoms with Crippen molar-refractivity contribution in [1.82, 2.24) is 25.1 Å². The second-order valence-electron chi connectivity index (χ2n) is 4.98. The highest BCUT2D eigenvalue weighted by molar-refractivity contribution is 5.08. The molecule has 5 heteroatoms. The van der Waals surface area contributed by atoms with Crippen LogP contribution in [0.3, 0.4) is 0 Å². The Bertz CT molecular complexity index is 494. The highest BCUT2D eigenvalue weighted by atomic mass is 15.2. The number of hydrogen-bond donors (Lipinski definition) is 1. The molecule has 108 valence electrons. The molecule has 2 aromatic rings. The lowest BCUT2D eigenvalue weighted by molar-refractivity contribution is 0.246. The van der Waals surface area contributed by atoms with Crippen LogP contribution in [0, 0.1) is 0 Å². The van der Waals surface area contributed by atoms with Crippen LogP contribution >= 0.6 is 0 Å². The van der Waals surface area contributed by atoms with Gasteiger partial charge in [-0.3, -0.25) is 15.0 Å². The van der Waals surface area contributed by atoms with Gasteiger partial charge in [0.15, 0.2) is 0 Å². The lowest BCUT2D eigenvalue weighted by Gasteiger charge is -2.20. The van der Waals surface area contributed by atoms with Crippen molar-refractivity contribution in [2.45, 2.75) is 46.2 Å². The predicted molar refractivity (Wildman–Crippen MR) is 79.0 cm³/mol. The Morgan fingerprint density at radius 1 is 1.25 bits per heavy atom. The quantitative estimate of drug-likeness (QED) is 0.803. The van der Waals surface area contributed by atoms with E-state index in [2.05, 4.69) is 45.0 Å². The normalized spacial score (nSPS) is 11.2. The SMILES string of the molecule is CCCCN(Cc1cccnc1)Cc1nc(CC)n[nH]1. The standard InChI is InChI=1S/C15H23N5/c1-3-5-9-20(11-13-7-6-8-16-10-13)12-15-17-14(4-2)18-19-15/h6-8,10H,3-5,9,11-12H2,1-2H3,(H,17,18,19). The van der Waals surface area contributed by atoms with Gasteiger partial charge in [-0.1, -0.05) is 26.3 Å². The van der Waals surface area contributed by atoms with Crippen molar-refractivity contribution in [3.05, 3.63) is 41.7 Å². The molecule has 0 saturated carbocycles. The molecule has 2 rings (SSSR count). The van der Waals surface area contributed by atoms with Gasteiger partial charge >= 0.3 is 0 Å². The Morgan fingerprint density at radius 3 is 2.80 bits per heavy atom. The molecule has 2 aromatic heterocycles. The van der Waals surface area contributed by atoms with Crippen molar-refractivity contribution >= 4 is 0 Å². The number of unbranched alkanes of at least 4 members (excludes halogenated alkanes) is 1. The molecule has 5 nitrogen and oxygen atoms in total. The highest BCUT2D eigenvalue weighted by Gasteiger charge is 2.10. The number of nitrogens with one attached hydrogen (secondary N) is 1. The van der Waals surface area contributed by atoms with Crippen LogP contribution in [-0.4, -0.2) is 31.6 Å². The number of rotatable bonds is 8. The summed E-state index contributed by atoms with van der Waals surface area (Å²) in [6.45, 7) is 7.05. The van der Waals surface area contributed by atoms with Crippen molar-refractivity contribution < 1.29 is 0 Å². The zero-order valence-corrected chi connectivity index (χ0v) is 12.3. The summed E-state index contributed by atoms with van der Waals surface area (Å²) in [6, 6.07) is 4.10. The third-order valence-corrected chi connectivity index (χ3v) is 3.22. The molecule has 2 heterocycles. The summed E-state index contributed by atoms with van der Waals surface area (Å²) in [7, 11) is 0. The van der Waals surface area contributed by atoms with Gasteiger partial charge < -0.3 is 0 Å². The van der Waals surface area contributed by atoms with Gasteiger partial charge in [0.1, 0.15) is 11.6 Å². The molecule has 0 aliphatic heterocycles. The maximum atomic E-state index is 4.49. The van der Waals surface area contributed by atoms with Crippen LogP contribution in [0.25, 0.3) is 0 Å². The van der Waals surface area contributed by atoms with Crippen LogP contribution in [-0.2, 0) is 19.5 Å². The monoisotopic (exact) mass is 273 g/mol. The predicted octanol–water partition coefficient (Wildman–Crippen LogP) is 2.56. The smallest absolute Gasteiger partial charge is 0.150 e. The second-order valence-corrected chi connectivity index (χ2v) is 4.98. The molecule has 0 radical (unpaired) electrons. The zero-order valence-electron chi connectivity index (χ0n) is 12.3. The maximum absolute atomic E-state index is 4.49. The molecule has 0 amide bonds. The summed E-state index contributed by atoms with van der Waals surface area (Å²) in [5.74, 6) is 1.83. The van der Waals surface area contributed by atoms with Crippen LogP contribution in [0.2, 0.25) is 0 Å². The highest BCUT2D eigenvalue weighted by Crippen LogP contribution is 2.08. The van der Waals surface area contributed by atoms with Gasteiger partial charge in [0, 0.05) is 25.4 Å². The summed E-state index contributed by atoms with van der Waals surface area (Å²) in [5.41, 5.74) is 1.24. The summed E-state index contributed by atoms with van der Waals surface area (Å²) in [5, 5.41) is 7.23. The number of nitrogens with zero attached hydrogens (tertiary/aromatic N) is 4. The molecule has 0 saturated heterocycles. The molecule has 1 N–H and O–H groups in total. The van der Waals surface area contributed by atoms with Crippen LogP contribution in [0.1, 0.15) is 43.9 Å². The van der Waals surface area contributed by atoms with Gasteiger partial charge in [-0.05, 0) is 24.6 Å². The molecule has 0 aliphatic carbocycles. The first-order valence-corrected chi connectivity index (χ1v) is 7.33. The summed E-state index contributed by atoms with van der Waals surface area (Å²) < 4.78 is 0. The van der Waals surface area contributed by atoms with Crippen LogP contribution in [0.4, 0.5) is 0 Å². The summed E-state index contributed by atoms with van der Waals surface area (Å²) >= 11 is 0. The number of pyridine rings is 1. The third-order valence-electron chi connectivity index (χ3n) is 3.22. The fourth-order valence-electron chi connectivity index (χ4n) is 2.12. The Kier molecular flexibility index (Phi) is 5.68.